The number of hydrogen-bond donors (Lipinski definition) is 1. The van der Waals surface area contributed by atoms with Gasteiger partial charge in [-0.1, -0.05) is 0 Å². The molecule has 0 spiro atoms. The van der Waals surface area contributed by atoms with Crippen LogP contribution in [0.3, 0.4) is 0 Å². The van der Waals surface area contributed by atoms with Crippen LogP contribution < -0.4 is 0 Å². The zero-order valence-corrected chi connectivity index (χ0v) is 13.9. The molecule has 0 unspecified atom stereocenters. The first kappa shape index (κ1) is 15.3. The van der Waals surface area contributed by atoms with Crippen molar-refractivity contribution >= 4 is 10.9 Å². The predicted octanol–water partition coefficient (Wildman–Crippen LogP) is 3.20. The molecule has 1 aliphatic rings. The molecule has 4 rings (SSSR count). The highest BCUT2D eigenvalue weighted by Crippen LogP contribution is 2.25. The lowest BCUT2D eigenvalue weighted by atomic mass is 9.92. The van der Waals surface area contributed by atoms with Crippen molar-refractivity contribution in [1.82, 2.24) is 24.8 Å². The Bertz CT molecular complexity index is 778. The van der Waals surface area contributed by atoms with E-state index in [1.165, 1.54) is 42.5 Å². The Morgan fingerprint density at radius 3 is 3.00 bits per heavy atom. The third-order valence-corrected chi connectivity index (χ3v) is 5.03. The van der Waals surface area contributed by atoms with E-state index in [0.717, 1.165) is 30.9 Å². The van der Waals surface area contributed by atoms with Crippen LogP contribution in [-0.4, -0.2) is 37.9 Å². The number of aromatic amines is 1. The second-order valence-electron chi connectivity index (χ2n) is 6.72. The lowest BCUT2D eigenvalue weighted by molar-refractivity contribution is 0.269. The molecule has 1 fully saturated rings. The molecule has 1 saturated heterocycles. The van der Waals surface area contributed by atoms with Gasteiger partial charge in [-0.25, -0.2) is 4.98 Å². The van der Waals surface area contributed by atoms with E-state index in [9.17, 15) is 0 Å². The zero-order valence-electron chi connectivity index (χ0n) is 13.9. The van der Waals surface area contributed by atoms with Crippen molar-refractivity contribution in [1.29, 1.82) is 0 Å². The van der Waals surface area contributed by atoms with Gasteiger partial charge < -0.3 is 4.98 Å². The summed E-state index contributed by atoms with van der Waals surface area (Å²) in [6, 6.07) is 4.16. The average molecular weight is 321 g/mol. The number of nitrogens with one attached hydrogen (secondary N) is 1. The lowest BCUT2D eigenvalue weighted by Crippen LogP contribution is -2.24. The van der Waals surface area contributed by atoms with Gasteiger partial charge in [0.2, 0.25) is 0 Å². The summed E-state index contributed by atoms with van der Waals surface area (Å²) in [5, 5.41) is 1.21. The van der Waals surface area contributed by atoms with E-state index in [0.29, 0.717) is 0 Å². The van der Waals surface area contributed by atoms with Crippen molar-refractivity contribution in [2.75, 3.05) is 13.1 Å². The molecule has 5 heteroatoms. The molecule has 0 aliphatic carbocycles. The predicted molar refractivity (Wildman–Crippen MR) is 94.4 cm³/mol. The molecule has 1 aliphatic heterocycles. The molecule has 3 aromatic rings. The van der Waals surface area contributed by atoms with Gasteiger partial charge in [0, 0.05) is 42.4 Å². The Hall–Kier alpha value is -2.27. The highest BCUT2D eigenvalue weighted by atomic mass is 15.1. The highest BCUT2D eigenvalue weighted by molar-refractivity contribution is 5.80. The van der Waals surface area contributed by atoms with Gasteiger partial charge in [0.1, 0.15) is 0 Å². The molecule has 0 radical (unpaired) electrons. The van der Waals surface area contributed by atoms with Crippen molar-refractivity contribution < 1.29 is 0 Å². The van der Waals surface area contributed by atoms with E-state index in [1.54, 1.807) is 6.33 Å². The minimum atomic E-state index is 0.738. The van der Waals surface area contributed by atoms with Crippen LogP contribution >= 0.6 is 0 Å². The molecular weight excluding hydrogens is 298 g/mol. The minimum Gasteiger partial charge on any atom is -0.347 e. The molecule has 1 atom stereocenters. The molecule has 5 nitrogen and oxygen atoms in total. The molecule has 3 aromatic heterocycles. The number of nitrogens with zero attached hydrogens (tertiary/aromatic N) is 4. The number of imidazole rings is 1. The second kappa shape index (κ2) is 7.09. The average Bonchev–Trinajstić information content (AvgIpc) is 3.03. The van der Waals surface area contributed by atoms with Crippen molar-refractivity contribution in [3.8, 4) is 0 Å². The first-order valence-corrected chi connectivity index (χ1v) is 8.76. The van der Waals surface area contributed by atoms with Crippen LogP contribution in [0.2, 0.25) is 0 Å². The summed E-state index contributed by atoms with van der Waals surface area (Å²) in [4.78, 5) is 18.6. The molecular formula is C19H23N5. The maximum atomic E-state index is 4.45. The number of rotatable bonds is 4. The first-order chi connectivity index (χ1) is 11.9. The number of pyridine rings is 2. The fourth-order valence-electron chi connectivity index (χ4n) is 3.73. The fraction of sp³-hybridized carbons (Fsp3) is 0.421. The van der Waals surface area contributed by atoms with E-state index in [2.05, 4.69) is 30.9 Å². The quantitative estimate of drug-likeness (QED) is 0.802. The highest BCUT2D eigenvalue weighted by Gasteiger charge is 2.18. The van der Waals surface area contributed by atoms with Gasteiger partial charge in [-0.05, 0) is 62.4 Å². The Kier molecular flexibility index (Phi) is 4.51. The van der Waals surface area contributed by atoms with Crippen LogP contribution in [0.25, 0.3) is 10.9 Å². The summed E-state index contributed by atoms with van der Waals surface area (Å²) < 4.78 is 0. The van der Waals surface area contributed by atoms with Gasteiger partial charge in [-0.15, -0.1) is 0 Å². The number of fused-ring (bicyclic) bond motifs is 1. The molecule has 0 aromatic carbocycles. The largest absolute Gasteiger partial charge is 0.347 e. The number of H-pyrrole nitrogens is 1. The molecule has 4 heterocycles. The van der Waals surface area contributed by atoms with Crippen molar-refractivity contribution in [2.24, 2.45) is 5.92 Å². The second-order valence-corrected chi connectivity index (χ2v) is 6.72. The standard InChI is InChI=1S/C19H23N5/c1-2-15(5-9-24(8-1)13-17-11-21-14-23-17)10-16-3-7-22-19-4-6-20-12-18(16)19/h3-4,6-7,11-12,14-15H,1-2,5,8-10,13H2,(H,21,23)/t15-/m0/s1. The van der Waals surface area contributed by atoms with Gasteiger partial charge in [0.05, 0.1) is 11.8 Å². The SMILES string of the molecule is c1cc2nccc(C[C@H]3CCCN(Cc4cnc[nH]4)CC3)c2cn1. The smallest absolute Gasteiger partial charge is 0.0922 e. The van der Waals surface area contributed by atoms with Crippen LogP contribution in [0.1, 0.15) is 30.5 Å². The van der Waals surface area contributed by atoms with E-state index in [-0.39, 0.29) is 0 Å². The molecule has 24 heavy (non-hydrogen) atoms. The summed E-state index contributed by atoms with van der Waals surface area (Å²) in [5.41, 5.74) is 3.65. The minimum absolute atomic E-state index is 0.738. The molecule has 0 saturated carbocycles. The van der Waals surface area contributed by atoms with Crippen LogP contribution in [0.5, 0.6) is 0 Å². The molecule has 1 N–H and O–H groups in total. The number of aromatic nitrogens is 4. The Labute approximate surface area is 142 Å². The van der Waals surface area contributed by atoms with E-state index in [4.69, 9.17) is 0 Å². The Morgan fingerprint density at radius 2 is 2.08 bits per heavy atom. The summed E-state index contributed by atoms with van der Waals surface area (Å²) in [6.07, 6.45) is 14.3. The van der Waals surface area contributed by atoms with Crippen molar-refractivity contribution in [3.63, 3.8) is 0 Å². The molecule has 124 valence electrons. The third kappa shape index (κ3) is 3.46. The number of likely N-dealkylation sites (tertiary alicyclic amines) is 1. The summed E-state index contributed by atoms with van der Waals surface area (Å²) in [6.45, 7) is 3.31. The van der Waals surface area contributed by atoms with E-state index < -0.39 is 0 Å². The van der Waals surface area contributed by atoms with Gasteiger partial charge >= 0.3 is 0 Å². The Morgan fingerprint density at radius 1 is 1.08 bits per heavy atom. The zero-order chi connectivity index (χ0) is 16.2. The van der Waals surface area contributed by atoms with E-state index in [1.807, 2.05) is 30.9 Å². The monoisotopic (exact) mass is 321 g/mol. The van der Waals surface area contributed by atoms with Crippen molar-refractivity contribution in [2.45, 2.75) is 32.2 Å². The molecule has 0 bridgehead atoms. The first-order valence-electron chi connectivity index (χ1n) is 8.76. The van der Waals surface area contributed by atoms with Crippen LogP contribution in [0.15, 0.2) is 43.2 Å². The van der Waals surface area contributed by atoms with Crippen LogP contribution in [0, 0.1) is 5.92 Å². The third-order valence-electron chi connectivity index (χ3n) is 5.03. The lowest BCUT2D eigenvalue weighted by Gasteiger charge is -2.19. The fourth-order valence-corrected chi connectivity index (χ4v) is 3.73. The van der Waals surface area contributed by atoms with Crippen LogP contribution in [-0.2, 0) is 13.0 Å². The maximum absolute atomic E-state index is 4.45. The van der Waals surface area contributed by atoms with Gasteiger partial charge in [0.25, 0.3) is 0 Å². The Balaban J connectivity index is 1.42. The topological polar surface area (TPSA) is 57.7 Å². The molecule has 0 amide bonds. The van der Waals surface area contributed by atoms with Gasteiger partial charge in [-0.2, -0.15) is 0 Å². The normalized spacial score (nSPS) is 19.4. The summed E-state index contributed by atoms with van der Waals surface area (Å²) in [7, 11) is 0. The van der Waals surface area contributed by atoms with E-state index >= 15 is 0 Å². The van der Waals surface area contributed by atoms with Crippen LogP contribution in [0.4, 0.5) is 0 Å². The summed E-state index contributed by atoms with van der Waals surface area (Å²) >= 11 is 0. The van der Waals surface area contributed by atoms with Gasteiger partial charge in [-0.3, -0.25) is 14.9 Å². The number of hydrogen-bond acceptors (Lipinski definition) is 4. The van der Waals surface area contributed by atoms with Crippen molar-refractivity contribution in [3.05, 3.63) is 54.5 Å². The maximum Gasteiger partial charge on any atom is 0.0922 e. The van der Waals surface area contributed by atoms with Gasteiger partial charge in [0.15, 0.2) is 0 Å². The summed E-state index contributed by atoms with van der Waals surface area (Å²) in [5.74, 6) is 0.738.